The molecule has 0 fully saturated rings. The molecule has 0 aliphatic carbocycles. The van der Waals surface area contributed by atoms with Crippen molar-refractivity contribution < 1.29 is 23.1 Å². The number of alkyl halides is 3. The predicted octanol–water partition coefficient (Wildman–Crippen LogP) is 1.88. The lowest BCUT2D eigenvalue weighted by molar-refractivity contribution is -0.201. The number of benzene rings is 1. The van der Waals surface area contributed by atoms with Gasteiger partial charge in [0.25, 0.3) is 0 Å². The van der Waals surface area contributed by atoms with Gasteiger partial charge >= 0.3 is 12.1 Å². The second kappa shape index (κ2) is 4.37. The van der Waals surface area contributed by atoms with Gasteiger partial charge in [-0.1, -0.05) is 24.3 Å². The van der Waals surface area contributed by atoms with E-state index in [1.54, 1.807) is 25.1 Å². The van der Waals surface area contributed by atoms with Crippen molar-refractivity contribution in [2.75, 3.05) is 0 Å². The second-order valence-corrected chi connectivity index (χ2v) is 3.88. The summed E-state index contributed by atoms with van der Waals surface area (Å²) in [4.78, 5) is 10.7. The lowest BCUT2D eigenvalue weighted by Crippen LogP contribution is -2.61. The molecule has 0 aromatic heterocycles. The molecule has 0 aliphatic heterocycles. The van der Waals surface area contributed by atoms with E-state index < -0.39 is 24.1 Å². The third-order valence-corrected chi connectivity index (χ3v) is 2.62. The Kier molecular flexibility index (Phi) is 3.47. The number of carbonyl (C=O) groups is 1. The largest absolute Gasteiger partial charge is 0.480 e. The maximum Gasteiger partial charge on any atom is 0.417 e. The third-order valence-electron chi connectivity index (χ3n) is 2.62. The Hall–Kier alpha value is -1.56. The lowest BCUT2D eigenvalue weighted by atomic mass is 9.89. The first-order chi connectivity index (χ1) is 7.68. The Bertz CT molecular complexity index is 431. The second-order valence-electron chi connectivity index (χ2n) is 3.88. The van der Waals surface area contributed by atoms with E-state index in [0.717, 1.165) is 0 Å². The van der Waals surface area contributed by atoms with E-state index in [4.69, 9.17) is 10.8 Å². The van der Waals surface area contributed by atoms with Crippen molar-refractivity contribution in [3.05, 3.63) is 35.4 Å². The van der Waals surface area contributed by atoms with Gasteiger partial charge in [0.05, 0.1) is 0 Å². The Morgan fingerprint density at radius 3 is 2.29 bits per heavy atom. The summed E-state index contributed by atoms with van der Waals surface area (Å²) in [6.07, 6.45) is -5.78. The van der Waals surface area contributed by atoms with Crippen LogP contribution in [0.5, 0.6) is 0 Å². The molecule has 17 heavy (non-hydrogen) atoms. The van der Waals surface area contributed by atoms with Gasteiger partial charge < -0.3 is 10.8 Å². The zero-order valence-corrected chi connectivity index (χ0v) is 9.08. The summed E-state index contributed by atoms with van der Waals surface area (Å²) < 4.78 is 38.0. The smallest absolute Gasteiger partial charge is 0.417 e. The van der Waals surface area contributed by atoms with Crippen LogP contribution in [0.3, 0.4) is 0 Å². The summed E-state index contributed by atoms with van der Waals surface area (Å²) in [6, 6.07) is 6.24. The summed E-state index contributed by atoms with van der Waals surface area (Å²) in [5.74, 6) is -2.08. The van der Waals surface area contributed by atoms with Crippen molar-refractivity contribution in [1.82, 2.24) is 0 Å². The first kappa shape index (κ1) is 13.5. The molecule has 0 bridgehead atoms. The number of aliphatic carboxylic acids is 1. The number of halogens is 3. The SMILES string of the molecule is Cc1ccccc1CC(N)(C(=O)O)C(F)(F)F. The lowest BCUT2D eigenvalue weighted by Gasteiger charge is -2.27. The van der Waals surface area contributed by atoms with Gasteiger partial charge in [-0.25, -0.2) is 4.79 Å². The van der Waals surface area contributed by atoms with Crippen molar-refractivity contribution in [3.8, 4) is 0 Å². The topological polar surface area (TPSA) is 63.3 Å². The van der Waals surface area contributed by atoms with E-state index in [9.17, 15) is 18.0 Å². The van der Waals surface area contributed by atoms with Gasteiger partial charge in [-0.2, -0.15) is 13.2 Å². The number of carboxylic acids is 1. The van der Waals surface area contributed by atoms with E-state index in [2.05, 4.69) is 0 Å². The fraction of sp³-hybridized carbons (Fsp3) is 0.364. The van der Waals surface area contributed by atoms with E-state index in [1.807, 2.05) is 0 Å². The van der Waals surface area contributed by atoms with Crippen molar-refractivity contribution in [1.29, 1.82) is 0 Å². The van der Waals surface area contributed by atoms with Crippen LogP contribution >= 0.6 is 0 Å². The molecule has 1 aromatic rings. The number of hydrogen-bond donors (Lipinski definition) is 2. The summed E-state index contributed by atoms with van der Waals surface area (Å²) >= 11 is 0. The molecule has 1 atom stereocenters. The van der Waals surface area contributed by atoms with E-state index in [-0.39, 0.29) is 5.56 Å². The minimum absolute atomic E-state index is 0.273. The Labute approximate surface area is 96.0 Å². The molecule has 6 heteroatoms. The molecule has 0 aliphatic rings. The van der Waals surface area contributed by atoms with Crippen molar-refractivity contribution in [3.63, 3.8) is 0 Å². The van der Waals surface area contributed by atoms with Gasteiger partial charge in [0.15, 0.2) is 0 Å². The Morgan fingerprint density at radius 2 is 1.88 bits per heavy atom. The van der Waals surface area contributed by atoms with Crippen LogP contribution in [0.1, 0.15) is 11.1 Å². The van der Waals surface area contributed by atoms with Gasteiger partial charge in [-0.3, -0.25) is 0 Å². The number of nitrogens with two attached hydrogens (primary N) is 1. The molecule has 0 heterocycles. The van der Waals surface area contributed by atoms with Gasteiger partial charge in [0, 0.05) is 6.42 Å². The molecule has 0 amide bonds. The van der Waals surface area contributed by atoms with Crippen molar-refractivity contribution >= 4 is 5.97 Å². The molecule has 1 unspecified atom stereocenters. The fourth-order valence-electron chi connectivity index (χ4n) is 1.41. The highest BCUT2D eigenvalue weighted by Gasteiger charge is 2.58. The van der Waals surface area contributed by atoms with Crippen LogP contribution < -0.4 is 5.73 Å². The van der Waals surface area contributed by atoms with E-state index >= 15 is 0 Å². The minimum atomic E-state index is -5.00. The first-order valence-electron chi connectivity index (χ1n) is 4.82. The predicted molar refractivity (Wildman–Crippen MR) is 55.5 cm³/mol. The molecule has 3 N–H and O–H groups in total. The molecule has 0 radical (unpaired) electrons. The molecule has 1 rings (SSSR count). The van der Waals surface area contributed by atoms with Crippen LogP contribution in [0.4, 0.5) is 13.2 Å². The zero-order valence-electron chi connectivity index (χ0n) is 9.08. The summed E-state index contributed by atoms with van der Waals surface area (Å²) in [5, 5.41) is 8.68. The monoisotopic (exact) mass is 247 g/mol. The van der Waals surface area contributed by atoms with E-state index in [1.165, 1.54) is 6.07 Å². The normalized spacial score (nSPS) is 15.4. The van der Waals surface area contributed by atoms with Crippen LogP contribution in [-0.4, -0.2) is 22.8 Å². The number of rotatable bonds is 3. The Balaban J connectivity index is 3.13. The average molecular weight is 247 g/mol. The van der Waals surface area contributed by atoms with Gasteiger partial charge in [-0.15, -0.1) is 0 Å². The number of carboxylic acid groups (broad SMARTS) is 1. The highest BCUT2D eigenvalue weighted by molar-refractivity contribution is 5.80. The standard InChI is InChI=1S/C11H12F3NO2/c1-7-4-2-3-5-8(7)6-10(15,9(16)17)11(12,13)14/h2-5H,6,15H2,1H3,(H,16,17). The molecule has 0 saturated heterocycles. The molecule has 1 aromatic carbocycles. The van der Waals surface area contributed by atoms with Crippen molar-refractivity contribution in [2.24, 2.45) is 5.73 Å². The Morgan fingerprint density at radius 1 is 1.35 bits per heavy atom. The van der Waals surface area contributed by atoms with Gasteiger partial charge in [-0.05, 0) is 18.1 Å². The van der Waals surface area contributed by atoms with Crippen LogP contribution in [0, 0.1) is 6.92 Å². The molecule has 94 valence electrons. The van der Waals surface area contributed by atoms with E-state index in [0.29, 0.717) is 5.56 Å². The van der Waals surface area contributed by atoms with Crippen LogP contribution in [-0.2, 0) is 11.2 Å². The first-order valence-corrected chi connectivity index (χ1v) is 4.82. The number of aryl methyl sites for hydroxylation is 1. The quantitative estimate of drug-likeness (QED) is 0.857. The highest BCUT2D eigenvalue weighted by Crippen LogP contribution is 2.32. The molecular weight excluding hydrogens is 235 g/mol. The van der Waals surface area contributed by atoms with Crippen molar-refractivity contribution in [2.45, 2.75) is 25.1 Å². The van der Waals surface area contributed by atoms with Gasteiger partial charge in [0.2, 0.25) is 5.54 Å². The molecular formula is C11H12F3NO2. The van der Waals surface area contributed by atoms with Crippen LogP contribution in [0.15, 0.2) is 24.3 Å². The highest BCUT2D eigenvalue weighted by atomic mass is 19.4. The van der Waals surface area contributed by atoms with Crippen LogP contribution in [0.25, 0.3) is 0 Å². The number of hydrogen-bond acceptors (Lipinski definition) is 2. The van der Waals surface area contributed by atoms with Crippen LogP contribution in [0.2, 0.25) is 0 Å². The molecule has 3 nitrogen and oxygen atoms in total. The summed E-state index contributed by atoms with van der Waals surface area (Å²) in [6.45, 7) is 1.61. The summed E-state index contributed by atoms with van der Waals surface area (Å²) in [7, 11) is 0. The summed E-state index contributed by atoms with van der Waals surface area (Å²) in [5.41, 5.74) is 2.59. The molecule has 0 saturated carbocycles. The maximum absolute atomic E-state index is 12.7. The van der Waals surface area contributed by atoms with Gasteiger partial charge in [0.1, 0.15) is 0 Å². The zero-order chi connectivity index (χ0) is 13.3. The maximum atomic E-state index is 12.7. The molecule has 0 spiro atoms. The fourth-order valence-corrected chi connectivity index (χ4v) is 1.41. The third kappa shape index (κ3) is 2.58. The average Bonchev–Trinajstić information content (AvgIpc) is 2.19. The minimum Gasteiger partial charge on any atom is -0.480 e.